The van der Waals surface area contributed by atoms with E-state index in [-0.39, 0.29) is 24.5 Å². The second kappa shape index (κ2) is 8.75. The molecule has 1 aromatic carbocycles. The maximum Gasteiger partial charge on any atom is 0.456 e. The predicted molar refractivity (Wildman–Crippen MR) is 132 cm³/mol. The summed E-state index contributed by atoms with van der Waals surface area (Å²) in [6.07, 6.45) is 2.57. The zero-order chi connectivity index (χ0) is 26.8. The van der Waals surface area contributed by atoms with E-state index in [4.69, 9.17) is 0 Å². The fourth-order valence-electron chi connectivity index (χ4n) is 7.85. The van der Waals surface area contributed by atoms with Crippen molar-refractivity contribution in [3.8, 4) is 0 Å². The molecule has 0 spiro atoms. The second-order valence-electron chi connectivity index (χ2n) is 11.2. The molecule has 5 rings (SSSR count). The summed E-state index contributed by atoms with van der Waals surface area (Å²) in [5.41, 5.74) is -0.128. The van der Waals surface area contributed by atoms with E-state index in [1.807, 2.05) is 30.3 Å². The lowest BCUT2D eigenvalue weighted by Crippen LogP contribution is -2.65. The van der Waals surface area contributed by atoms with E-state index in [0.717, 1.165) is 27.8 Å². The third-order valence-electron chi connectivity index (χ3n) is 9.55. The normalized spacial score (nSPS) is 34.2. The summed E-state index contributed by atoms with van der Waals surface area (Å²) >= 11 is 0. The van der Waals surface area contributed by atoms with Crippen molar-refractivity contribution in [1.29, 1.82) is 0 Å². The first kappa shape index (κ1) is 26.1. The van der Waals surface area contributed by atoms with Gasteiger partial charge in [0, 0.05) is 17.8 Å². The van der Waals surface area contributed by atoms with Crippen molar-refractivity contribution in [1.82, 2.24) is 0 Å². The number of aliphatic hydroxyl groups is 1. The Bertz CT molecular complexity index is 1220. The minimum absolute atomic E-state index is 0.0324. The van der Waals surface area contributed by atoms with Crippen LogP contribution in [0.5, 0.6) is 0 Å². The van der Waals surface area contributed by atoms with Crippen molar-refractivity contribution in [2.45, 2.75) is 75.5 Å². The number of fused-ring (bicyclic) bond motifs is 4. The SMILES string of the molecule is C=CC=Cc1ccccc1[C@H]1C[C@@]2(C)[C@@H](CC[C@@]2(O)C(F)(F)C(F)(F)F)[C@@H]2CCC3=CC(=O)CCC3=C21. The third-order valence-corrected chi connectivity index (χ3v) is 9.55. The Balaban J connectivity index is 1.73. The van der Waals surface area contributed by atoms with Crippen LogP contribution in [0, 0.1) is 17.3 Å². The smallest absolute Gasteiger partial charge is 0.383 e. The summed E-state index contributed by atoms with van der Waals surface area (Å²) in [6.45, 7) is 5.15. The number of benzene rings is 1. The average molecular weight is 519 g/mol. The fraction of sp³-hybridized carbons (Fsp3) is 0.500. The lowest BCUT2D eigenvalue weighted by molar-refractivity contribution is -0.362. The van der Waals surface area contributed by atoms with Crippen LogP contribution < -0.4 is 0 Å². The van der Waals surface area contributed by atoms with Crippen molar-refractivity contribution in [2.24, 2.45) is 17.3 Å². The van der Waals surface area contributed by atoms with Gasteiger partial charge in [0.25, 0.3) is 0 Å². The van der Waals surface area contributed by atoms with Gasteiger partial charge in [-0.2, -0.15) is 22.0 Å². The molecule has 7 heteroatoms. The Hall–Kier alpha value is -2.54. The van der Waals surface area contributed by atoms with Crippen molar-refractivity contribution in [2.75, 3.05) is 0 Å². The van der Waals surface area contributed by atoms with E-state index in [0.29, 0.717) is 25.7 Å². The number of carbonyl (C=O) groups is 1. The number of allylic oxidation sites excluding steroid dienone is 6. The van der Waals surface area contributed by atoms with E-state index < -0.39 is 41.4 Å². The molecule has 2 nitrogen and oxygen atoms in total. The van der Waals surface area contributed by atoms with Gasteiger partial charge in [0.05, 0.1) is 0 Å². The highest BCUT2D eigenvalue weighted by atomic mass is 19.4. The average Bonchev–Trinajstić information content (AvgIpc) is 3.13. The van der Waals surface area contributed by atoms with Gasteiger partial charge in [0.2, 0.25) is 0 Å². The highest BCUT2D eigenvalue weighted by molar-refractivity contribution is 5.93. The molecule has 0 radical (unpaired) electrons. The first-order valence-electron chi connectivity index (χ1n) is 12.9. The van der Waals surface area contributed by atoms with E-state index in [1.165, 1.54) is 6.92 Å². The van der Waals surface area contributed by atoms with Crippen LogP contribution in [0.25, 0.3) is 6.08 Å². The summed E-state index contributed by atoms with van der Waals surface area (Å²) in [5, 5.41) is 11.4. The molecule has 4 aliphatic carbocycles. The summed E-state index contributed by atoms with van der Waals surface area (Å²) in [6, 6.07) is 7.47. The molecule has 5 atom stereocenters. The summed E-state index contributed by atoms with van der Waals surface area (Å²) in [4.78, 5) is 12.2. The molecule has 0 aromatic heterocycles. The number of hydrogen-bond acceptors (Lipinski definition) is 2. The van der Waals surface area contributed by atoms with Crippen LogP contribution in [0.3, 0.4) is 0 Å². The number of carbonyl (C=O) groups excluding carboxylic acids is 1. The van der Waals surface area contributed by atoms with Gasteiger partial charge in [-0.3, -0.25) is 4.79 Å². The molecule has 0 unspecified atom stereocenters. The van der Waals surface area contributed by atoms with Gasteiger partial charge >= 0.3 is 12.1 Å². The zero-order valence-corrected chi connectivity index (χ0v) is 20.8. The van der Waals surface area contributed by atoms with Crippen LogP contribution in [-0.4, -0.2) is 28.6 Å². The number of alkyl halides is 5. The molecule has 0 aliphatic heterocycles. The number of hydrogen-bond donors (Lipinski definition) is 1. The molecule has 198 valence electrons. The lowest BCUT2D eigenvalue weighted by Gasteiger charge is -2.56. The van der Waals surface area contributed by atoms with Crippen LogP contribution in [0.2, 0.25) is 0 Å². The quantitative estimate of drug-likeness (QED) is 0.327. The summed E-state index contributed by atoms with van der Waals surface area (Å²) in [5.74, 6) is -6.39. The molecule has 2 saturated carbocycles. The first-order valence-corrected chi connectivity index (χ1v) is 12.9. The molecular formula is C30H31F5O2. The van der Waals surface area contributed by atoms with Crippen molar-refractivity contribution in [3.63, 3.8) is 0 Å². The zero-order valence-electron chi connectivity index (χ0n) is 20.8. The Morgan fingerprint density at radius 3 is 2.51 bits per heavy atom. The maximum absolute atomic E-state index is 15.1. The lowest BCUT2D eigenvalue weighted by atomic mass is 9.50. The molecule has 37 heavy (non-hydrogen) atoms. The molecule has 1 aromatic rings. The Kier molecular flexibility index (Phi) is 6.17. The van der Waals surface area contributed by atoms with Crippen LogP contribution >= 0.6 is 0 Å². The Morgan fingerprint density at radius 1 is 1.08 bits per heavy atom. The van der Waals surface area contributed by atoms with Crippen molar-refractivity contribution >= 4 is 11.9 Å². The van der Waals surface area contributed by atoms with Crippen LogP contribution in [0.15, 0.2) is 65.8 Å². The molecule has 2 fully saturated rings. The van der Waals surface area contributed by atoms with Gasteiger partial charge in [-0.25, -0.2) is 0 Å². The van der Waals surface area contributed by atoms with Gasteiger partial charge in [-0.05, 0) is 78.7 Å². The van der Waals surface area contributed by atoms with E-state index >= 15 is 8.78 Å². The topological polar surface area (TPSA) is 37.3 Å². The van der Waals surface area contributed by atoms with Gasteiger partial charge in [0.1, 0.15) is 5.60 Å². The molecular weight excluding hydrogens is 487 g/mol. The highest BCUT2D eigenvalue weighted by Gasteiger charge is 2.79. The minimum Gasteiger partial charge on any atom is -0.383 e. The number of rotatable bonds is 4. The largest absolute Gasteiger partial charge is 0.456 e. The second-order valence-corrected chi connectivity index (χ2v) is 11.2. The van der Waals surface area contributed by atoms with Crippen molar-refractivity contribution < 1.29 is 31.9 Å². The summed E-state index contributed by atoms with van der Waals surface area (Å²) < 4.78 is 71.3. The maximum atomic E-state index is 15.1. The minimum atomic E-state index is -5.86. The number of halogens is 5. The van der Waals surface area contributed by atoms with Gasteiger partial charge in [0.15, 0.2) is 5.78 Å². The van der Waals surface area contributed by atoms with Gasteiger partial charge in [-0.15, -0.1) is 0 Å². The molecule has 0 amide bonds. The molecule has 4 aliphatic rings. The third kappa shape index (κ3) is 3.71. The predicted octanol–water partition coefficient (Wildman–Crippen LogP) is 7.71. The monoisotopic (exact) mass is 518 g/mol. The first-order chi connectivity index (χ1) is 17.4. The Labute approximate surface area is 213 Å². The molecule has 0 heterocycles. The highest BCUT2D eigenvalue weighted by Crippen LogP contribution is 2.70. The van der Waals surface area contributed by atoms with E-state index in [1.54, 1.807) is 18.2 Å². The van der Waals surface area contributed by atoms with E-state index in [2.05, 4.69) is 6.58 Å². The van der Waals surface area contributed by atoms with Crippen LogP contribution in [0.4, 0.5) is 22.0 Å². The van der Waals surface area contributed by atoms with Crippen LogP contribution in [-0.2, 0) is 4.79 Å². The molecule has 0 bridgehead atoms. The van der Waals surface area contributed by atoms with Crippen molar-refractivity contribution in [3.05, 3.63) is 76.9 Å². The van der Waals surface area contributed by atoms with Crippen LogP contribution in [0.1, 0.15) is 68.9 Å². The standard InChI is InChI=1S/C30H31F5O2/c1-3-4-7-18-8-5-6-9-21(18)24-17-27(2)25(14-15-28(27,37)29(31,32)30(33,34)35)23-12-10-19-16-20(36)11-13-22(19)26(23)24/h3-9,16,23-25,37H,1,10-15,17H2,2H3/t23-,24+,25-,27-,28-/m0/s1. The molecule has 0 saturated heterocycles. The van der Waals surface area contributed by atoms with Gasteiger partial charge in [-0.1, -0.05) is 61.6 Å². The molecule has 1 N–H and O–H groups in total. The van der Waals surface area contributed by atoms with E-state index in [9.17, 15) is 23.1 Å². The Morgan fingerprint density at radius 2 is 1.81 bits per heavy atom. The fourth-order valence-corrected chi connectivity index (χ4v) is 7.85. The van der Waals surface area contributed by atoms with Gasteiger partial charge < -0.3 is 5.11 Å². The number of ketones is 1. The summed E-state index contributed by atoms with van der Waals surface area (Å²) in [7, 11) is 0.